The molecule has 2 aliphatic heterocycles. The summed E-state index contributed by atoms with van der Waals surface area (Å²) in [4.78, 5) is 18.8. The van der Waals surface area contributed by atoms with Crippen LogP contribution >= 0.6 is 11.8 Å². The maximum atomic E-state index is 14.5. The smallest absolute Gasteiger partial charge is 0.264 e. The van der Waals surface area contributed by atoms with Crippen LogP contribution < -0.4 is 10.2 Å². The number of hydrogen-bond donors (Lipinski definition) is 1. The molecule has 28 heavy (non-hydrogen) atoms. The molecule has 0 bridgehead atoms. The molecule has 2 saturated heterocycles. The Morgan fingerprint density at radius 3 is 2.57 bits per heavy atom. The SMILES string of the molecule is O=C1NC(=Nc2ccc(F)cc2)S/C1=C\c1ccc(N2CCOCC2)c(F)c1. The molecule has 0 unspecified atom stereocenters. The molecule has 2 aliphatic rings. The number of amidine groups is 1. The molecule has 2 aromatic rings. The number of carbonyl (C=O) groups is 1. The third-order valence-corrected chi connectivity index (χ3v) is 5.24. The minimum atomic E-state index is -0.352. The van der Waals surface area contributed by atoms with Gasteiger partial charge in [0.25, 0.3) is 5.91 Å². The van der Waals surface area contributed by atoms with E-state index >= 15 is 0 Å². The summed E-state index contributed by atoms with van der Waals surface area (Å²) in [6, 6.07) is 10.6. The van der Waals surface area contributed by atoms with Gasteiger partial charge in [-0.15, -0.1) is 0 Å². The van der Waals surface area contributed by atoms with Crippen molar-refractivity contribution in [1.82, 2.24) is 5.32 Å². The normalized spacial score (nSPS) is 20.1. The van der Waals surface area contributed by atoms with Crippen molar-refractivity contribution in [3.8, 4) is 0 Å². The molecule has 5 nitrogen and oxygen atoms in total. The summed E-state index contributed by atoms with van der Waals surface area (Å²) in [7, 11) is 0. The van der Waals surface area contributed by atoms with Gasteiger partial charge in [-0.05, 0) is 59.8 Å². The zero-order chi connectivity index (χ0) is 19.5. The van der Waals surface area contributed by atoms with Gasteiger partial charge in [-0.3, -0.25) is 4.79 Å². The number of aliphatic imine (C=N–C) groups is 1. The van der Waals surface area contributed by atoms with Gasteiger partial charge in [0.15, 0.2) is 5.17 Å². The topological polar surface area (TPSA) is 53.9 Å². The highest BCUT2D eigenvalue weighted by atomic mass is 32.2. The highest BCUT2D eigenvalue weighted by molar-refractivity contribution is 8.18. The summed E-state index contributed by atoms with van der Waals surface area (Å²) in [5, 5.41) is 3.06. The van der Waals surface area contributed by atoms with Crippen LogP contribution in [-0.4, -0.2) is 37.4 Å². The van der Waals surface area contributed by atoms with Gasteiger partial charge in [-0.25, -0.2) is 13.8 Å². The summed E-state index contributed by atoms with van der Waals surface area (Å²) in [5.74, 6) is -0.987. The summed E-state index contributed by atoms with van der Waals surface area (Å²) in [6.45, 7) is 2.47. The zero-order valence-corrected chi connectivity index (χ0v) is 15.6. The molecular weight excluding hydrogens is 384 g/mol. The van der Waals surface area contributed by atoms with Crippen molar-refractivity contribution in [2.24, 2.45) is 4.99 Å². The Labute approximate surface area is 165 Å². The van der Waals surface area contributed by atoms with Crippen LogP contribution in [0.2, 0.25) is 0 Å². The first-order chi connectivity index (χ1) is 13.6. The van der Waals surface area contributed by atoms with Crippen molar-refractivity contribution in [2.45, 2.75) is 0 Å². The van der Waals surface area contributed by atoms with Gasteiger partial charge in [0, 0.05) is 13.1 Å². The van der Waals surface area contributed by atoms with Crippen molar-refractivity contribution < 1.29 is 18.3 Å². The second-order valence-corrected chi connectivity index (χ2v) is 7.30. The average molecular weight is 401 g/mol. The second kappa shape index (κ2) is 8.12. The maximum Gasteiger partial charge on any atom is 0.264 e. The highest BCUT2D eigenvalue weighted by Gasteiger charge is 2.24. The Hall–Kier alpha value is -2.71. The minimum Gasteiger partial charge on any atom is -0.378 e. The zero-order valence-electron chi connectivity index (χ0n) is 14.8. The number of nitrogens with one attached hydrogen (secondary N) is 1. The van der Waals surface area contributed by atoms with E-state index in [2.05, 4.69) is 10.3 Å². The monoisotopic (exact) mass is 401 g/mol. The van der Waals surface area contributed by atoms with Gasteiger partial charge in [0.05, 0.1) is 29.5 Å². The molecule has 0 radical (unpaired) electrons. The Bertz CT molecular complexity index is 954. The van der Waals surface area contributed by atoms with Crippen LogP contribution in [0.3, 0.4) is 0 Å². The minimum absolute atomic E-state index is 0.302. The van der Waals surface area contributed by atoms with Crippen LogP contribution in [0.25, 0.3) is 6.08 Å². The lowest BCUT2D eigenvalue weighted by Gasteiger charge is -2.29. The third kappa shape index (κ3) is 4.23. The molecule has 0 saturated carbocycles. The number of carbonyl (C=O) groups excluding carboxylic acids is 1. The first-order valence-electron chi connectivity index (χ1n) is 8.76. The molecule has 0 aromatic heterocycles. The van der Waals surface area contributed by atoms with E-state index in [1.807, 2.05) is 4.90 Å². The van der Waals surface area contributed by atoms with Crippen LogP contribution in [-0.2, 0) is 9.53 Å². The highest BCUT2D eigenvalue weighted by Crippen LogP contribution is 2.29. The number of ether oxygens (including phenoxy) is 1. The van der Waals surface area contributed by atoms with E-state index < -0.39 is 0 Å². The number of thioether (sulfide) groups is 1. The van der Waals surface area contributed by atoms with Crippen LogP contribution in [0.4, 0.5) is 20.2 Å². The Morgan fingerprint density at radius 1 is 1.11 bits per heavy atom. The van der Waals surface area contributed by atoms with Crippen molar-refractivity contribution in [3.05, 3.63) is 64.6 Å². The summed E-state index contributed by atoms with van der Waals surface area (Å²) in [6.07, 6.45) is 1.62. The van der Waals surface area contributed by atoms with Crippen LogP contribution in [0, 0.1) is 11.6 Å². The average Bonchev–Trinajstić information content (AvgIpc) is 3.03. The van der Waals surface area contributed by atoms with Crippen molar-refractivity contribution in [1.29, 1.82) is 0 Å². The molecule has 2 heterocycles. The van der Waals surface area contributed by atoms with E-state index in [0.29, 0.717) is 53.3 Å². The summed E-state index contributed by atoms with van der Waals surface area (Å²) >= 11 is 1.16. The molecule has 144 valence electrons. The van der Waals surface area contributed by atoms with Gasteiger partial charge >= 0.3 is 0 Å². The number of nitrogens with zero attached hydrogens (tertiary/aromatic N) is 2. The van der Waals surface area contributed by atoms with Crippen LogP contribution in [0.5, 0.6) is 0 Å². The summed E-state index contributed by atoms with van der Waals surface area (Å²) in [5.41, 5.74) is 1.66. The number of morpholine rings is 1. The quantitative estimate of drug-likeness (QED) is 0.797. The Balaban J connectivity index is 1.51. The fourth-order valence-corrected chi connectivity index (χ4v) is 3.78. The lowest BCUT2D eigenvalue weighted by molar-refractivity contribution is -0.115. The van der Waals surface area contributed by atoms with Gasteiger partial charge in [0.2, 0.25) is 0 Å². The second-order valence-electron chi connectivity index (χ2n) is 6.27. The molecular formula is C20H17F2N3O2S. The predicted molar refractivity (Wildman–Crippen MR) is 107 cm³/mol. The molecule has 4 rings (SSSR count). The van der Waals surface area contributed by atoms with Crippen molar-refractivity contribution >= 4 is 40.3 Å². The Morgan fingerprint density at radius 2 is 1.86 bits per heavy atom. The number of halogens is 2. The Kier molecular flexibility index (Phi) is 5.40. The van der Waals surface area contributed by atoms with E-state index in [-0.39, 0.29) is 17.5 Å². The fraction of sp³-hybridized carbons (Fsp3) is 0.200. The van der Waals surface area contributed by atoms with Gasteiger partial charge in [-0.2, -0.15) is 0 Å². The van der Waals surface area contributed by atoms with Crippen LogP contribution in [0.15, 0.2) is 52.4 Å². The van der Waals surface area contributed by atoms with Crippen molar-refractivity contribution in [2.75, 3.05) is 31.2 Å². The van der Waals surface area contributed by atoms with E-state index in [0.717, 1.165) is 11.8 Å². The van der Waals surface area contributed by atoms with Gasteiger partial charge in [-0.1, -0.05) is 6.07 Å². The van der Waals surface area contributed by atoms with Gasteiger partial charge < -0.3 is 15.0 Å². The molecule has 0 aliphatic carbocycles. The number of amides is 1. The van der Waals surface area contributed by atoms with E-state index in [1.54, 1.807) is 18.2 Å². The number of benzene rings is 2. The lowest BCUT2D eigenvalue weighted by Crippen LogP contribution is -2.36. The molecule has 8 heteroatoms. The number of anilines is 1. The molecule has 2 aromatic carbocycles. The molecule has 1 amide bonds. The predicted octanol–water partition coefficient (Wildman–Crippen LogP) is 3.69. The first kappa shape index (κ1) is 18.6. The fourth-order valence-electron chi connectivity index (χ4n) is 2.94. The standard InChI is InChI=1S/C20H17F2N3O2S/c21-14-2-4-15(5-3-14)23-20-24-19(26)18(28-20)12-13-1-6-17(16(22)11-13)25-7-9-27-10-8-25/h1-6,11-12H,7-10H2,(H,23,24,26)/b18-12-. The number of rotatable bonds is 3. The third-order valence-electron chi connectivity index (χ3n) is 4.33. The van der Waals surface area contributed by atoms with Crippen LogP contribution in [0.1, 0.15) is 5.56 Å². The molecule has 2 fully saturated rings. The molecule has 1 N–H and O–H groups in total. The first-order valence-corrected chi connectivity index (χ1v) is 9.57. The lowest BCUT2D eigenvalue weighted by atomic mass is 10.1. The molecule has 0 atom stereocenters. The number of hydrogen-bond acceptors (Lipinski definition) is 5. The van der Waals surface area contributed by atoms with E-state index in [9.17, 15) is 13.6 Å². The van der Waals surface area contributed by atoms with Crippen molar-refractivity contribution in [3.63, 3.8) is 0 Å². The van der Waals surface area contributed by atoms with E-state index in [1.165, 1.54) is 30.3 Å². The molecule has 0 spiro atoms. The maximum absolute atomic E-state index is 14.5. The van der Waals surface area contributed by atoms with E-state index in [4.69, 9.17) is 4.74 Å². The van der Waals surface area contributed by atoms with Gasteiger partial charge in [0.1, 0.15) is 11.6 Å². The largest absolute Gasteiger partial charge is 0.378 e. The summed E-state index contributed by atoms with van der Waals surface area (Å²) < 4.78 is 32.8.